The fourth-order valence-corrected chi connectivity index (χ4v) is 0.913. The molecule has 0 aromatic carbocycles. The van der Waals surface area contributed by atoms with Crippen molar-refractivity contribution in [2.75, 3.05) is 13.6 Å². The van der Waals surface area contributed by atoms with Crippen LogP contribution in [0.2, 0.25) is 0 Å². The smallest absolute Gasteiger partial charge is 0.234 e. The Morgan fingerprint density at radius 3 is 3.00 bits per heavy atom. The van der Waals surface area contributed by atoms with E-state index < -0.39 is 0 Å². The Hall–Kier alpha value is -1.36. The Kier molecular flexibility index (Phi) is 3.45. The van der Waals surface area contributed by atoms with Crippen LogP contribution in [0.25, 0.3) is 0 Å². The van der Waals surface area contributed by atoms with Gasteiger partial charge in [-0.25, -0.2) is 0 Å². The molecule has 13 heavy (non-hydrogen) atoms. The summed E-state index contributed by atoms with van der Waals surface area (Å²) < 4.78 is 4.84. The number of amides is 1. The lowest BCUT2D eigenvalue weighted by Gasteiger charge is -2.00. The number of hydrogen-bond acceptors (Lipinski definition) is 4. The van der Waals surface area contributed by atoms with E-state index in [0.29, 0.717) is 13.1 Å². The van der Waals surface area contributed by atoms with Gasteiger partial charge in [0.25, 0.3) is 0 Å². The van der Waals surface area contributed by atoms with Gasteiger partial charge in [0.1, 0.15) is 11.5 Å². The summed E-state index contributed by atoms with van der Waals surface area (Å²) in [7, 11) is 1.72. The third-order valence-corrected chi connectivity index (χ3v) is 1.48. The topological polar surface area (TPSA) is 67.2 Å². The molecule has 0 radical (unpaired) electrons. The summed E-state index contributed by atoms with van der Waals surface area (Å²) in [5, 5.41) is 9.18. The lowest BCUT2D eigenvalue weighted by Crippen LogP contribution is -2.31. The maximum absolute atomic E-state index is 11.0. The summed E-state index contributed by atoms with van der Waals surface area (Å²) in [6, 6.07) is 1.79. The Morgan fingerprint density at radius 1 is 1.69 bits per heavy atom. The summed E-state index contributed by atoms with van der Waals surface area (Å²) in [6.07, 6.45) is 0. The molecule has 0 aliphatic carbocycles. The molecule has 5 nitrogen and oxygen atoms in total. The molecule has 2 N–H and O–H groups in total. The summed E-state index contributed by atoms with van der Waals surface area (Å²) in [5.41, 5.74) is 0.738. The number of rotatable bonds is 4. The minimum atomic E-state index is -0.0526. The van der Waals surface area contributed by atoms with Gasteiger partial charge >= 0.3 is 0 Å². The van der Waals surface area contributed by atoms with Crippen molar-refractivity contribution < 1.29 is 9.32 Å². The van der Waals surface area contributed by atoms with Gasteiger partial charge in [-0.1, -0.05) is 5.16 Å². The number of nitrogens with zero attached hydrogens (tertiary/aromatic N) is 1. The van der Waals surface area contributed by atoms with E-state index in [2.05, 4.69) is 15.8 Å². The van der Waals surface area contributed by atoms with Crippen molar-refractivity contribution in [1.82, 2.24) is 15.8 Å². The lowest BCUT2D eigenvalue weighted by molar-refractivity contribution is -0.120. The summed E-state index contributed by atoms with van der Waals surface area (Å²) in [6.45, 7) is 2.54. The first-order valence-electron chi connectivity index (χ1n) is 4.06. The minimum absolute atomic E-state index is 0.0526. The molecule has 0 saturated heterocycles. The quantitative estimate of drug-likeness (QED) is 0.679. The second-order valence-electron chi connectivity index (χ2n) is 2.74. The van der Waals surface area contributed by atoms with E-state index in [-0.39, 0.29) is 5.91 Å². The summed E-state index contributed by atoms with van der Waals surface area (Å²) in [5.74, 6) is 0.695. The SMILES string of the molecule is CNCC(=O)NCc1cc(C)on1. The monoisotopic (exact) mass is 183 g/mol. The van der Waals surface area contributed by atoms with Gasteiger partial charge in [0.05, 0.1) is 13.1 Å². The van der Waals surface area contributed by atoms with Gasteiger partial charge in [-0.15, -0.1) is 0 Å². The molecule has 72 valence electrons. The zero-order valence-electron chi connectivity index (χ0n) is 7.76. The van der Waals surface area contributed by atoms with Crippen LogP contribution in [-0.2, 0) is 11.3 Å². The third kappa shape index (κ3) is 3.25. The van der Waals surface area contributed by atoms with E-state index in [1.54, 1.807) is 13.1 Å². The van der Waals surface area contributed by atoms with Crippen LogP contribution in [0.3, 0.4) is 0 Å². The largest absolute Gasteiger partial charge is 0.361 e. The Morgan fingerprint density at radius 2 is 2.46 bits per heavy atom. The zero-order chi connectivity index (χ0) is 9.68. The van der Waals surface area contributed by atoms with Crippen LogP contribution in [-0.4, -0.2) is 24.7 Å². The standard InChI is InChI=1S/C8H13N3O2/c1-6-3-7(11-13-6)4-10-8(12)5-9-2/h3,9H,4-5H2,1-2H3,(H,10,12). The Bertz CT molecular complexity index is 283. The van der Waals surface area contributed by atoms with E-state index >= 15 is 0 Å². The van der Waals surface area contributed by atoms with Crippen LogP contribution < -0.4 is 10.6 Å². The maximum Gasteiger partial charge on any atom is 0.234 e. The normalized spacial score (nSPS) is 10.0. The Labute approximate surface area is 76.5 Å². The van der Waals surface area contributed by atoms with Crippen molar-refractivity contribution in [3.8, 4) is 0 Å². The van der Waals surface area contributed by atoms with Crippen molar-refractivity contribution in [3.05, 3.63) is 17.5 Å². The highest BCUT2D eigenvalue weighted by Gasteiger charge is 2.02. The van der Waals surface area contributed by atoms with Gasteiger partial charge in [0.15, 0.2) is 0 Å². The molecule has 5 heteroatoms. The maximum atomic E-state index is 11.0. The van der Waals surface area contributed by atoms with Crippen molar-refractivity contribution in [2.45, 2.75) is 13.5 Å². The number of hydrogen-bond donors (Lipinski definition) is 2. The highest BCUT2D eigenvalue weighted by molar-refractivity contribution is 5.77. The van der Waals surface area contributed by atoms with Crippen LogP contribution in [0.15, 0.2) is 10.6 Å². The molecule has 0 spiro atoms. The van der Waals surface area contributed by atoms with E-state index in [0.717, 1.165) is 11.5 Å². The number of carbonyl (C=O) groups is 1. The first-order valence-corrected chi connectivity index (χ1v) is 4.06. The van der Waals surface area contributed by atoms with Crippen molar-refractivity contribution >= 4 is 5.91 Å². The highest BCUT2D eigenvalue weighted by Crippen LogP contribution is 1.99. The van der Waals surface area contributed by atoms with Crippen LogP contribution in [0.1, 0.15) is 11.5 Å². The molecule has 1 aromatic heterocycles. The van der Waals surface area contributed by atoms with E-state index in [1.165, 1.54) is 0 Å². The number of nitrogens with one attached hydrogen (secondary N) is 2. The van der Waals surface area contributed by atoms with Gasteiger partial charge in [0.2, 0.25) is 5.91 Å². The molecule has 0 fully saturated rings. The van der Waals surface area contributed by atoms with Gasteiger partial charge < -0.3 is 15.2 Å². The molecule has 0 aliphatic rings. The number of carbonyl (C=O) groups excluding carboxylic acids is 1. The summed E-state index contributed by atoms with van der Waals surface area (Å²) in [4.78, 5) is 11.0. The fourth-order valence-electron chi connectivity index (χ4n) is 0.913. The number of aromatic nitrogens is 1. The van der Waals surface area contributed by atoms with Gasteiger partial charge in [-0.05, 0) is 14.0 Å². The predicted octanol–water partition coefficient (Wildman–Crippen LogP) is -0.181. The molecule has 1 aromatic rings. The molecule has 0 bridgehead atoms. The zero-order valence-corrected chi connectivity index (χ0v) is 7.76. The first kappa shape index (κ1) is 9.73. The molecule has 0 atom stereocenters. The fraction of sp³-hybridized carbons (Fsp3) is 0.500. The average molecular weight is 183 g/mol. The van der Waals surface area contributed by atoms with Crippen molar-refractivity contribution in [3.63, 3.8) is 0 Å². The lowest BCUT2D eigenvalue weighted by atomic mass is 10.4. The van der Waals surface area contributed by atoms with E-state index in [1.807, 2.05) is 6.92 Å². The molecule has 0 aliphatic heterocycles. The molecular formula is C8H13N3O2. The van der Waals surface area contributed by atoms with Crippen molar-refractivity contribution in [2.24, 2.45) is 0 Å². The van der Waals surface area contributed by atoms with E-state index in [9.17, 15) is 4.79 Å². The molecule has 1 rings (SSSR count). The number of likely N-dealkylation sites (N-methyl/N-ethyl adjacent to an activating group) is 1. The molecule has 1 amide bonds. The molecule has 1 heterocycles. The second kappa shape index (κ2) is 4.61. The van der Waals surface area contributed by atoms with Gasteiger partial charge in [0, 0.05) is 6.07 Å². The molecular weight excluding hydrogens is 170 g/mol. The van der Waals surface area contributed by atoms with Gasteiger partial charge in [-0.2, -0.15) is 0 Å². The van der Waals surface area contributed by atoms with Crippen LogP contribution in [0.5, 0.6) is 0 Å². The first-order chi connectivity index (χ1) is 6.22. The second-order valence-corrected chi connectivity index (χ2v) is 2.74. The summed E-state index contributed by atoms with van der Waals surface area (Å²) >= 11 is 0. The third-order valence-electron chi connectivity index (χ3n) is 1.48. The predicted molar refractivity (Wildman–Crippen MR) is 47.0 cm³/mol. The molecule has 0 unspecified atom stereocenters. The van der Waals surface area contributed by atoms with Crippen LogP contribution in [0, 0.1) is 6.92 Å². The Balaban J connectivity index is 2.30. The van der Waals surface area contributed by atoms with Gasteiger partial charge in [-0.3, -0.25) is 4.79 Å². The van der Waals surface area contributed by atoms with E-state index in [4.69, 9.17) is 4.52 Å². The number of aryl methyl sites for hydroxylation is 1. The van der Waals surface area contributed by atoms with Crippen LogP contribution in [0.4, 0.5) is 0 Å². The average Bonchev–Trinajstić information content (AvgIpc) is 2.49. The molecule has 0 saturated carbocycles. The van der Waals surface area contributed by atoms with Crippen LogP contribution >= 0.6 is 0 Å². The van der Waals surface area contributed by atoms with Crippen molar-refractivity contribution in [1.29, 1.82) is 0 Å². The minimum Gasteiger partial charge on any atom is -0.361 e. The highest BCUT2D eigenvalue weighted by atomic mass is 16.5.